The maximum atomic E-state index is 10.5. The minimum atomic E-state index is -0.268. The number of β-amino-alcohol motifs (C(OH)–C–C–N with tert-alkyl or cyclic N) is 1. The van der Waals surface area contributed by atoms with Crippen LogP contribution in [0.15, 0.2) is 24.3 Å². The molecule has 2 aliphatic heterocycles. The number of nitrogens with zero attached hydrogens (tertiary/aromatic N) is 2. The molecule has 0 aromatic heterocycles. The monoisotopic (exact) mass is 316 g/mol. The van der Waals surface area contributed by atoms with Crippen LogP contribution < -0.4 is 0 Å². The molecule has 1 unspecified atom stereocenters. The van der Waals surface area contributed by atoms with Gasteiger partial charge in [0.05, 0.1) is 19.3 Å². The summed E-state index contributed by atoms with van der Waals surface area (Å²) < 4.78 is 5.39. The lowest BCUT2D eigenvalue weighted by molar-refractivity contribution is 0.0000824. The lowest BCUT2D eigenvalue weighted by Gasteiger charge is -2.50. The van der Waals surface area contributed by atoms with Gasteiger partial charge in [-0.25, -0.2) is 0 Å². The second-order valence-electron chi connectivity index (χ2n) is 7.53. The largest absolute Gasteiger partial charge is 0.390 e. The molecule has 23 heavy (non-hydrogen) atoms. The van der Waals surface area contributed by atoms with E-state index in [1.807, 2.05) is 0 Å². The van der Waals surface area contributed by atoms with E-state index in [9.17, 15) is 5.11 Å². The van der Waals surface area contributed by atoms with Crippen LogP contribution in [0.3, 0.4) is 0 Å². The van der Waals surface area contributed by atoms with Crippen LogP contribution in [0.25, 0.3) is 0 Å². The number of aliphatic hydroxyl groups excluding tert-OH is 1. The van der Waals surface area contributed by atoms with Crippen LogP contribution in [0, 0.1) is 0 Å². The molecule has 4 rings (SSSR count). The smallest absolute Gasteiger partial charge is 0.0793 e. The Kier molecular flexibility index (Phi) is 4.41. The normalized spacial score (nSPS) is 25.8. The van der Waals surface area contributed by atoms with Crippen molar-refractivity contribution in [2.75, 3.05) is 45.9 Å². The minimum absolute atomic E-state index is 0.268. The number of hydrogen-bond donors (Lipinski definition) is 1. The lowest BCUT2D eigenvalue weighted by atomic mass is 9.61. The van der Waals surface area contributed by atoms with Crippen LogP contribution in [0.4, 0.5) is 0 Å². The Morgan fingerprint density at radius 1 is 1.09 bits per heavy atom. The van der Waals surface area contributed by atoms with Crippen molar-refractivity contribution >= 4 is 0 Å². The van der Waals surface area contributed by atoms with Gasteiger partial charge in [0.1, 0.15) is 0 Å². The van der Waals surface area contributed by atoms with Crippen LogP contribution in [0.1, 0.15) is 30.4 Å². The molecular formula is C19H28N2O2. The average Bonchev–Trinajstić information content (AvgIpc) is 2.53. The average molecular weight is 316 g/mol. The Hall–Kier alpha value is -0.940. The van der Waals surface area contributed by atoms with E-state index >= 15 is 0 Å². The van der Waals surface area contributed by atoms with E-state index in [1.54, 1.807) is 5.56 Å². The maximum absolute atomic E-state index is 10.5. The van der Waals surface area contributed by atoms with Gasteiger partial charge in [0.15, 0.2) is 0 Å². The van der Waals surface area contributed by atoms with E-state index in [4.69, 9.17) is 4.74 Å². The Labute approximate surface area is 139 Å². The number of fused-ring (bicyclic) bond motifs is 2. The third-order valence-corrected chi connectivity index (χ3v) is 5.86. The van der Waals surface area contributed by atoms with Gasteiger partial charge in [-0.15, -0.1) is 0 Å². The standard InChI is InChI=1S/C19H28N2O2/c22-17(13-20-8-10-23-11-9-20)14-21-12-16-4-1-2-5-18(16)19(15-21)6-3-7-19/h1-2,4-5,17,22H,3,6-15H2. The Balaban J connectivity index is 1.40. The van der Waals surface area contributed by atoms with Gasteiger partial charge in [0.25, 0.3) is 0 Å². The Bertz CT molecular complexity index is 538. The van der Waals surface area contributed by atoms with E-state index in [-0.39, 0.29) is 6.10 Å². The minimum Gasteiger partial charge on any atom is -0.390 e. The highest BCUT2D eigenvalue weighted by Crippen LogP contribution is 2.48. The van der Waals surface area contributed by atoms with Gasteiger partial charge in [-0.3, -0.25) is 9.80 Å². The topological polar surface area (TPSA) is 35.9 Å². The zero-order chi connectivity index (χ0) is 15.7. The molecule has 1 spiro atoms. The van der Waals surface area contributed by atoms with Gasteiger partial charge >= 0.3 is 0 Å². The molecule has 1 atom stereocenters. The molecule has 2 heterocycles. The summed E-state index contributed by atoms with van der Waals surface area (Å²) in [5, 5.41) is 10.5. The van der Waals surface area contributed by atoms with E-state index in [0.29, 0.717) is 5.41 Å². The number of aliphatic hydroxyl groups is 1. The van der Waals surface area contributed by atoms with Gasteiger partial charge in [-0.2, -0.15) is 0 Å². The van der Waals surface area contributed by atoms with Crippen LogP contribution in [0.5, 0.6) is 0 Å². The number of hydrogen-bond acceptors (Lipinski definition) is 4. The first-order valence-corrected chi connectivity index (χ1v) is 9.04. The predicted molar refractivity (Wildman–Crippen MR) is 90.5 cm³/mol. The van der Waals surface area contributed by atoms with Gasteiger partial charge in [0.2, 0.25) is 0 Å². The summed E-state index contributed by atoms with van der Waals surface area (Å²) in [6.07, 6.45) is 3.69. The van der Waals surface area contributed by atoms with Crippen molar-refractivity contribution < 1.29 is 9.84 Å². The molecule has 0 bridgehead atoms. The molecule has 4 heteroatoms. The van der Waals surface area contributed by atoms with Crippen molar-refractivity contribution in [3.05, 3.63) is 35.4 Å². The number of rotatable bonds is 4. The highest BCUT2D eigenvalue weighted by molar-refractivity contribution is 5.38. The number of ether oxygens (including phenoxy) is 1. The molecule has 1 N–H and O–H groups in total. The van der Waals surface area contributed by atoms with Crippen LogP contribution >= 0.6 is 0 Å². The molecule has 0 radical (unpaired) electrons. The van der Waals surface area contributed by atoms with Gasteiger partial charge in [-0.1, -0.05) is 30.7 Å². The molecule has 3 aliphatic rings. The highest BCUT2D eigenvalue weighted by Gasteiger charge is 2.44. The van der Waals surface area contributed by atoms with Crippen molar-refractivity contribution in [2.45, 2.75) is 37.3 Å². The number of benzene rings is 1. The van der Waals surface area contributed by atoms with Gasteiger partial charge in [0, 0.05) is 44.7 Å². The molecule has 1 aromatic rings. The Morgan fingerprint density at radius 3 is 2.57 bits per heavy atom. The van der Waals surface area contributed by atoms with E-state index < -0.39 is 0 Å². The lowest BCUT2D eigenvalue weighted by Crippen LogP contribution is -2.52. The fourth-order valence-electron chi connectivity index (χ4n) is 4.58. The first kappa shape index (κ1) is 15.6. The molecule has 1 aliphatic carbocycles. The first-order valence-electron chi connectivity index (χ1n) is 9.04. The molecule has 1 saturated heterocycles. The molecule has 1 saturated carbocycles. The van der Waals surface area contributed by atoms with E-state index in [1.165, 1.54) is 24.8 Å². The fraction of sp³-hybridized carbons (Fsp3) is 0.684. The SMILES string of the molecule is OC(CN1CCOCC1)CN1Cc2ccccc2C2(CCC2)C1. The van der Waals surface area contributed by atoms with Crippen molar-refractivity contribution in [1.82, 2.24) is 9.80 Å². The molecule has 126 valence electrons. The van der Waals surface area contributed by atoms with Gasteiger partial charge in [-0.05, 0) is 24.0 Å². The molecule has 2 fully saturated rings. The third kappa shape index (κ3) is 3.18. The first-order chi connectivity index (χ1) is 11.3. The molecular weight excluding hydrogens is 288 g/mol. The summed E-state index contributed by atoms with van der Waals surface area (Å²) in [7, 11) is 0. The zero-order valence-corrected chi connectivity index (χ0v) is 13.9. The van der Waals surface area contributed by atoms with Crippen molar-refractivity contribution in [3.63, 3.8) is 0 Å². The van der Waals surface area contributed by atoms with Crippen molar-refractivity contribution in [3.8, 4) is 0 Å². The number of morpholine rings is 1. The molecule has 4 nitrogen and oxygen atoms in total. The van der Waals surface area contributed by atoms with Crippen LogP contribution in [0.2, 0.25) is 0 Å². The fourth-order valence-corrected chi connectivity index (χ4v) is 4.58. The van der Waals surface area contributed by atoms with E-state index in [0.717, 1.165) is 52.5 Å². The summed E-state index contributed by atoms with van der Waals surface area (Å²) in [6, 6.07) is 8.94. The maximum Gasteiger partial charge on any atom is 0.0793 e. The summed E-state index contributed by atoms with van der Waals surface area (Å²) in [4.78, 5) is 4.80. The Morgan fingerprint density at radius 2 is 1.83 bits per heavy atom. The summed E-state index contributed by atoms with van der Waals surface area (Å²) in [6.45, 7) is 7.15. The van der Waals surface area contributed by atoms with Crippen LogP contribution in [-0.4, -0.2) is 66.9 Å². The summed E-state index contributed by atoms with van der Waals surface area (Å²) in [5.41, 5.74) is 3.41. The summed E-state index contributed by atoms with van der Waals surface area (Å²) >= 11 is 0. The van der Waals surface area contributed by atoms with E-state index in [2.05, 4.69) is 34.1 Å². The summed E-state index contributed by atoms with van der Waals surface area (Å²) in [5.74, 6) is 0. The highest BCUT2D eigenvalue weighted by atomic mass is 16.5. The predicted octanol–water partition coefficient (Wildman–Crippen LogP) is 1.62. The second-order valence-corrected chi connectivity index (χ2v) is 7.53. The zero-order valence-electron chi connectivity index (χ0n) is 13.9. The van der Waals surface area contributed by atoms with Crippen LogP contribution in [-0.2, 0) is 16.7 Å². The third-order valence-electron chi connectivity index (χ3n) is 5.86. The molecule has 0 amide bonds. The quantitative estimate of drug-likeness (QED) is 0.916. The van der Waals surface area contributed by atoms with Gasteiger partial charge < -0.3 is 9.84 Å². The van der Waals surface area contributed by atoms with Crippen molar-refractivity contribution in [1.29, 1.82) is 0 Å². The second kappa shape index (κ2) is 6.52. The molecule has 1 aromatic carbocycles. The van der Waals surface area contributed by atoms with Crippen molar-refractivity contribution in [2.24, 2.45) is 0 Å².